The number of aryl methyl sites for hydroxylation is 2. The molecule has 1 aromatic heterocycles. The van der Waals surface area contributed by atoms with Crippen LogP contribution in [-0.2, 0) is 0 Å². The Morgan fingerprint density at radius 3 is 2.32 bits per heavy atom. The molecule has 0 atom stereocenters. The van der Waals surface area contributed by atoms with Crippen LogP contribution in [-0.4, -0.2) is 33.1 Å². The predicted molar refractivity (Wildman–Crippen MR) is 106 cm³/mol. The molecule has 0 aliphatic carbocycles. The molecule has 1 heterocycles. The summed E-state index contributed by atoms with van der Waals surface area (Å²) in [6.07, 6.45) is 1.21. The topological polar surface area (TPSA) is 117 Å². The molecular formula is C20H18N4O4. The number of hydrogen-bond acceptors (Lipinski definition) is 3. The summed E-state index contributed by atoms with van der Waals surface area (Å²) in [5.74, 6) is -1.05. The summed E-state index contributed by atoms with van der Waals surface area (Å²) < 4.78 is 1.39. The molecule has 0 saturated heterocycles. The van der Waals surface area contributed by atoms with Crippen LogP contribution in [0.25, 0.3) is 5.69 Å². The molecule has 0 saturated carbocycles. The summed E-state index contributed by atoms with van der Waals surface area (Å²) >= 11 is 0. The first-order chi connectivity index (χ1) is 13.3. The van der Waals surface area contributed by atoms with E-state index in [1.165, 1.54) is 35.2 Å². The van der Waals surface area contributed by atoms with E-state index in [2.05, 4.69) is 15.4 Å². The molecule has 2 aromatic carbocycles. The molecule has 3 N–H and O–H groups in total. The molecule has 8 nitrogen and oxygen atoms in total. The molecule has 0 radical (unpaired) electrons. The van der Waals surface area contributed by atoms with Crippen molar-refractivity contribution in [1.29, 1.82) is 0 Å². The minimum Gasteiger partial charge on any atom is -0.478 e. The lowest BCUT2D eigenvalue weighted by molar-refractivity contribution is 0.0697. The third-order valence-electron chi connectivity index (χ3n) is 4.10. The highest BCUT2D eigenvalue weighted by atomic mass is 16.4. The third kappa shape index (κ3) is 4.07. The molecule has 142 valence electrons. The van der Waals surface area contributed by atoms with Crippen molar-refractivity contribution < 1.29 is 14.7 Å². The van der Waals surface area contributed by atoms with E-state index in [1.807, 2.05) is 31.2 Å². The van der Waals surface area contributed by atoms with E-state index in [-0.39, 0.29) is 16.7 Å². The summed E-state index contributed by atoms with van der Waals surface area (Å²) in [6.45, 7) is 3.67. The van der Waals surface area contributed by atoms with Gasteiger partial charge in [0.2, 0.25) is 0 Å². The Hall–Kier alpha value is -3.94. The number of nitrogens with one attached hydrogen (secondary N) is 2. The van der Waals surface area contributed by atoms with Gasteiger partial charge in [-0.25, -0.2) is 19.3 Å². The molecule has 28 heavy (non-hydrogen) atoms. The zero-order valence-corrected chi connectivity index (χ0v) is 15.3. The predicted octanol–water partition coefficient (Wildman–Crippen LogP) is 3.13. The standard InChI is InChI=1S/C20H18N4O4/c1-12-3-9-16(10-4-12)24-18(25)17(13(2)23-24)11-21-20(28)22-15-7-5-14(6-8-15)19(26)27/h3-11,23H,1-2H3,(H,22,28)(H,26,27)/b21-11+. The first kappa shape index (κ1) is 18.8. The molecule has 0 spiro atoms. The summed E-state index contributed by atoms with van der Waals surface area (Å²) in [7, 11) is 0. The van der Waals surface area contributed by atoms with Gasteiger partial charge in [0.25, 0.3) is 5.56 Å². The lowest BCUT2D eigenvalue weighted by atomic mass is 10.2. The van der Waals surface area contributed by atoms with Gasteiger partial charge in [-0.2, -0.15) is 0 Å². The van der Waals surface area contributed by atoms with Crippen molar-refractivity contribution >= 4 is 23.9 Å². The van der Waals surface area contributed by atoms with Crippen molar-refractivity contribution in [2.75, 3.05) is 5.32 Å². The Morgan fingerprint density at radius 2 is 1.71 bits per heavy atom. The Balaban J connectivity index is 1.76. The van der Waals surface area contributed by atoms with Crippen LogP contribution < -0.4 is 10.9 Å². The summed E-state index contributed by atoms with van der Waals surface area (Å²) in [6, 6.07) is 12.4. The fourth-order valence-corrected chi connectivity index (χ4v) is 2.56. The number of aromatic amines is 1. The molecule has 0 bridgehead atoms. The van der Waals surface area contributed by atoms with Gasteiger partial charge in [-0.05, 0) is 50.2 Å². The Bertz CT molecular complexity index is 1110. The second-order valence-electron chi connectivity index (χ2n) is 6.20. The van der Waals surface area contributed by atoms with E-state index in [4.69, 9.17) is 5.11 Å². The van der Waals surface area contributed by atoms with Crippen molar-refractivity contribution in [3.63, 3.8) is 0 Å². The van der Waals surface area contributed by atoms with E-state index in [1.54, 1.807) is 6.92 Å². The maximum absolute atomic E-state index is 12.6. The highest BCUT2D eigenvalue weighted by molar-refractivity contribution is 5.98. The number of rotatable bonds is 4. The number of carbonyl (C=O) groups is 2. The molecule has 0 unspecified atom stereocenters. The largest absolute Gasteiger partial charge is 0.478 e. The summed E-state index contributed by atoms with van der Waals surface area (Å²) in [4.78, 5) is 39.2. The van der Waals surface area contributed by atoms with Crippen molar-refractivity contribution in [3.05, 3.63) is 81.3 Å². The summed E-state index contributed by atoms with van der Waals surface area (Å²) in [5.41, 5.74) is 2.81. The molecule has 3 rings (SSSR count). The highest BCUT2D eigenvalue weighted by Gasteiger charge is 2.11. The maximum atomic E-state index is 12.6. The number of aromatic carboxylic acids is 1. The first-order valence-electron chi connectivity index (χ1n) is 8.42. The number of carbonyl (C=O) groups excluding carboxylic acids is 1. The van der Waals surface area contributed by atoms with Crippen LogP contribution >= 0.6 is 0 Å². The normalized spacial score (nSPS) is 10.9. The van der Waals surface area contributed by atoms with Gasteiger partial charge in [-0.1, -0.05) is 17.7 Å². The minimum absolute atomic E-state index is 0.112. The quantitative estimate of drug-likeness (QED) is 0.605. The van der Waals surface area contributed by atoms with Crippen LogP contribution in [0.3, 0.4) is 0 Å². The zero-order chi connectivity index (χ0) is 20.3. The second-order valence-corrected chi connectivity index (χ2v) is 6.20. The van der Waals surface area contributed by atoms with Gasteiger partial charge >= 0.3 is 12.0 Å². The molecule has 0 fully saturated rings. The van der Waals surface area contributed by atoms with Gasteiger partial charge in [0.05, 0.1) is 16.8 Å². The molecule has 2 amide bonds. The number of urea groups is 1. The fraction of sp³-hybridized carbons (Fsp3) is 0.100. The molecular weight excluding hydrogens is 360 g/mol. The molecule has 8 heteroatoms. The third-order valence-corrected chi connectivity index (χ3v) is 4.10. The maximum Gasteiger partial charge on any atom is 0.345 e. The lowest BCUT2D eigenvalue weighted by Crippen LogP contribution is -2.17. The number of carboxylic acids is 1. The highest BCUT2D eigenvalue weighted by Crippen LogP contribution is 2.10. The zero-order valence-electron chi connectivity index (χ0n) is 15.3. The van der Waals surface area contributed by atoms with Gasteiger partial charge < -0.3 is 10.4 Å². The number of H-pyrrole nitrogens is 1. The molecule has 0 aliphatic heterocycles. The Morgan fingerprint density at radius 1 is 1.07 bits per heavy atom. The van der Waals surface area contributed by atoms with Crippen molar-refractivity contribution in [1.82, 2.24) is 9.78 Å². The number of aromatic nitrogens is 2. The van der Waals surface area contributed by atoms with Crippen LogP contribution in [0, 0.1) is 13.8 Å². The lowest BCUT2D eigenvalue weighted by Gasteiger charge is -2.01. The van der Waals surface area contributed by atoms with Crippen LogP contribution in [0.5, 0.6) is 0 Å². The van der Waals surface area contributed by atoms with Crippen molar-refractivity contribution in [3.8, 4) is 5.69 Å². The van der Waals surface area contributed by atoms with Crippen LogP contribution in [0.2, 0.25) is 0 Å². The number of benzene rings is 2. The Kier molecular flexibility index (Phi) is 5.21. The first-order valence-corrected chi connectivity index (χ1v) is 8.42. The van der Waals surface area contributed by atoms with Crippen LogP contribution in [0.15, 0.2) is 58.3 Å². The number of anilines is 1. The van der Waals surface area contributed by atoms with Gasteiger partial charge in [0, 0.05) is 17.6 Å². The average molecular weight is 378 g/mol. The average Bonchev–Trinajstić information content (AvgIpc) is 2.95. The minimum atomic E-state index is -1.05. The van der Waals surface area contributed by atoms with E-state index < -0.39 is 12.0 Å². The monoisotopic (exact) mass is 378 g/mol. The number of hydrogen-bond donors (Lipinski definition) is 3. The Labute approximate surface area is 160 Å². The van der Waals surface area contributed by atoms with Gasteiger partial charge in [0.1, 0.15) is 0 Å². The summed E-state index contributed by atoms with van der Waals surface area (Å²) in [5, 5.41) is 14.3. The van der Waals surface area contributed by atoms with Crippen LogP contribution in [0.4, 0.5) is 10.5 Å². The van der Waals surface area contributed by atoms with Crippen molar-refractivity contribution in [2.24, 2.45) is 4.99 Å². The smallest absolute Gasteiger partial charge is 0.345 e. The molecule has 3 aromatic rings. The molecule has 0 aliphatic rings. The van der Waals surface area contributed by atoms with Gasteiger partial charge in [0.15, 0.2) is 0 Å². The van der Waals surface area contributed by atoms with Crippen LogP contribution in [0.1, 0.15) is 27.2 Å². The van der Waals surface area contributed by atoms with E-state index in [9.17, 15) is 14.4 Å². The van der Waals surface area contributed by atoms with Crippen molar-refractivity contribution in [2.45, 2.75) is 13.8 Å². The number of aliphatic imine (C=N–C) groups is 1. The number of carboxylic acid groups (broad SMARTS) is 1. The van der Waals surface area contributed by atoms with E-state index in [0.717, 1.165) is 5.56 Å². The van der Waals surface area contributed by atoms with E-state index in [0.29, 0.717) is 17.1 Å². The number of nitrogens with zero attached hydrogens (tertiary/aromatic N) is 2. The van der Waals surface area contributed by atoms with E-state index >= 15 is 0 Å². The number of amides is 2. The SMILES string of the molecule is Cc1ccc(-n2[nH]c(C)c(/C=N/C(=O)Nc3ccc(C(=O)O)cc3)c2=O)cc1. The second kappa shape index (κ2) is 7.75. The fourth-order valence-electron chi connectivity index (χ4n) is 2.56. The van der Waals surface area contributed by atoms with Gasteiger partial charge in [-0.3, -0.25) is 9.89 Å². The van der Waals surface area contributed by atoms with Gasteiger partial charge in [-0.15, -0.1) is 0 Å².